The second-order valence-electron chi connectivity index (χ2n) is 3.18. The van der Waals surface area contributed by atoms with E-state index in [0.29, 0.717) is 0 Å². The lowest BCUT2D eigenvalue weighted by Gasteiger charge is -2.16. The number of carbonyl (C=O) groups is 1. The fourth-order valence-corrected chi connectivity index (χ4v) is 1.15. The molecule has 0 spiro atoms. The van der Waals surface area contributed by atoms with Gasteiger partial charge in [0.25, 0.3) is 0 Å². The Morgan fingerprint density at radius 3 is 2.18 bits per heavy atom. The molecule has 1 unspecified atom stereocenters. The molecular formula is C7H14O3S. The summed E-state index contributed by atoms with van der Waals surface area (Å²) in [5.41, 5.74) is 0. The van der Waals surface area contributed by atoms with E-state index < -0.39 is 16.8 Å². The van der Waals surface area contributed by atoms with Crippen molar-refractivity contribution in [3.8, 4) is 0 Å². The molecule has 0 aliphatic rings. The SMILES string of the molecule is COC(=O)CS(=O)C(C)(C)C. The van der Waals surface area contributed by atoms with E-state index in [4.69, 9.17) is 0 Å². The molecule has 0 amide bonds. The van der Waals surface area contributed by atoms with Crippen LogP contribution in [0.1, 0.15) is 20.8 Å². The van der Waals surface area contributed by atoms with Crippen molar-refractivity contribution in [2.45, 2.75) is 25.5 Å². The molecule has 1 atom stereocenters. The molecule has 11 heavy (non-hydrogen) atoms. The average molecular weight is 178 g/mol. The molecule has 0 aromatic carbocycles. The molecule has 4 heteroatoms. The predicted molar refractivity (Wildman–Crippen MR) is 44.8 cm³/mol. The summed E-state index contributed by atoms with van der Waals surface area (Å²) < 4.78 is 15.3. The number of esters is 1. The molecule has 0 radical (unpaired) electrons. The van der Waals surface area contributed by atoms with Crippen LogP contribution in [0.2, 0.25) is 0 Å². The maximum atomic E-state index is 11.2. The van der Waals surface area contributed by atoms with Gasteiger partial charge in [0.2, 0.25) is 0 Å². The summed E-state index contributed by atoms with van der Waals surface area (Å²) in [6, 6.07) is 0. The Bertz CT molecular complexity index is 169. The third-order valence-corrected chi connectivity index (χ3v) is 3.02. The van der Waals surface area contributed by atoms with Crippen molar-refractivity contribution >= 4 is 16.8 Å². The lowest BCUT2D eigenvalue weighted by Crippen LogP contribution is -2.28. The first-order chi connectivity index (χ1) is 4.88. The number of carbonyl (C=O) groups excluding carboxylic acids is 1. The molecule has 0 aliphatic carbocycles. The van der Waals surface area contributed by atoms with Gasteiger partial charge in [-0.15, -0.1) is 0 Å². The minimum atomic E-state index is -1.14. The zero-order valence-corrected chi connectivity index (χ0v) is 8.16. The second kappa shape index (κ2) is 3.85. The van der Waals surface area contributed by atoms with E-state index in [1.807, 2.05) is 20.8 Å². The average Bonchev–Trinajstić information content (AvgIpc) is 1.85. The summed E-state index contributed by atoms with van der Waals surface area (Å²) in [7, 11) is 0.152. The Balaban J connectivity index is 3.99. The van der Waals surface area contributed by atoms with Gasteiger partial charge in [-0.3, -0.25) is 9.00 Å². The quantitative estimate of drug-likeness (QED) is 0.585. The summed E-state index contributed by atoms with van der Waals surface area (Å²) in [5.74, 6) is -0.432. The van der Waals surface area contributed by atoms with Gasteiger partial charge in [0, 0.05) is 15.5 Å². The van der Waals surface area contributed by atoms with Gasteiger partial charge < -0.3 is 4.74 Å². The largest absolute Gasteiger partial charge is 0.468 e. The molecular weight excluding hydrogens is 164 g/mol. The van der Waals surface area contributed by atoms with Crippen molar-refractivity contribution in [3.63, 3.8) is 0 Å². The van der Waals surface area contributed by atoms with Crippen LogP contribution in [-0.2, 0) is 20.3 Å². The lowest BCUT2D eigenvalue weighted by molar-refractivity contribution is -0.137. The summed E-state index contributed by atoms with van der Waals surface area (Å²) in [6.45, 7) is 5.48. The highest BCUT2D eigenvalue weighted by molar-refractivity contribution is 7.87. The molecule has 0 fully saturated rings. The third kappa shape index (κ3) is 4.14. The van der Waals surface area contributed by atoms with Crippen molar-refractivity contribution in [1.82, 2.24) is 0 Å². The summed E-state index contributed by atoms with van der Waals surface area (Å²) >= 11 is 0. The van der Waals surface area contributed by atoms with Crippen LogP contribution < -0.4 is 0 Å². The molecule has 0 aromatic heterocycles. The highest BCUT2D eigenvalue weighted by atomic mass is 32.2. The van der Waals surface area contributed by atoms with Crippen molar-refractivity contribution in [3.05, 3.63) is 0 Å². The normalized spacial score (nSPS) is 14.2. The zero-order valence-electron chi connectivity index (χ0n) is 7.34. The Morgan fingerprint density at radius 1 is 1.45 bits per heavy atom. The fraction of sp³-hybridized carbons (Fsp3) is 0.857. The minimum absolute atomic E-state index is 0.0139. The molecule has 0 saturated carbocycles. The number of hydrogen-bond acceptors (Lipinski definition) is 3. The Labute approximate surface area is 69.6 Å². The van der Waals surface area contributed by atoms with Crippen LogP contribution in [0.15, 0.2) is 0 Å². The molecule has 0 bridgehead atoms. The van der Waals surface area contributed by atoms with Gasteiger partial charge >= 0.3 is 5.97 Å². The summed E-state index contributed by atoms with van der Waals surface area (Å²) in [4.78, 5) is 10.7. The van der Waals surface area contributed by atoms with Crippen molar-refractivity contribution < 1.29 is 13.7 Å². The van der Waals surface area contributed by atoms with Gasteiger partial charge in [-0.25, -0.2) is 0 Å². The summed E-state index contributed by atoms with van der Waals surface area (Å²) in [5, 5.41) is 0. The number of rotatable bonds is 2. The zero-order chi connectivity index (χ0) is 9.07. The first kappa shape index (κ1) is 10.6. The molecule has 3 nitrogen and oxygen atoms in total. The first-order valence-electron chi connectivity index (χ1n) is 3.33. The van der Waals surface area contributed by atoms with Crippen LogP contribution in [0.25, 0.3) is 0 Å². The molecule has 0 aromatic rings. The van der Waals surface area contributed by atoms with Gasteiger partial charge in [-0.05, 0) is 20.8 Å². The van der Waals surface area contributed by atoms with E-state index in [1.165, 1.54) is 7.11 Å². The summed E-state index contributed by atoms with van der Waals surface area (Å²) in [6.07, 6.45) is 0. The van der Waals surface area contributed by atoms with Crippen LogP contribution in [0, 0.1) is 0 Å². The lowest BCUT2D eigenvalue weighted by atomic mass is 10.3. The molecule has 0 saturated heterocycles. The molecule has 0 N–H and O–H groups in total. The minimum Gasteiger partial charge on any atom is -0.468 e. The highest BCUT2D eigenvalue weighted by Crippen LogP contribution is 2.10. The topological polar surface area (TPSA) is 43.4 Å². The molecule has 0 rings (SSSR count). The van der Waals surface area contributed by atoms with Crippen LogP contribution >= 0.6 is 0 Å². The molecule has 0 heterocycles. The monoisotopic (exact) mass is 178 g/mol. The molecule has 66 valence electrons. The van der Waals surface area contributed by atoms with Crippen LogP contribution in [-0.4, -0.2) is 27.8 Å². The smallest absolute Gasteiger partial charge is 0.318 e. The Kier molecular flexibility index (Phi) is 3.72. The van der Waals surface area contributed by atoms with E-state index in [2.05, 4.69) is 4.74 Å². The number of ether oxygens (including phenoxy) is 1. The Hall–Kier alpha value is -0.380. The first-order valence-corrected chi connectivity index (χ1v) is 4.65. The van der Waals surface area contributed by atoms with Gasteiger partial charge in [0.05, 0.1) is 7.11 Å². The van der Waals surface area contributed by atoms with Crippen molar-refractivity contribution in [1.29, 1.82) is 0 Å². The molecule has 0 aliphatic heterocycles. The Morgan fingerprint density at radius 2 is 1.91 bits per heavy atom. The van der Waals surface area contributed by atoms with E-state index in [9.17, 15) is 9.00 Å². The fourth-order valence-electron chi connectivity index (χ4n) is 0.382. The van der Waals surface area contributed by atoms with Crippen LogP contribution in [0.3, 0.4) is 0 Å². The van der Waals surface area contributed by atoms with E-state index in [1.54, 1.807) is 0 Å². The predicted octanol–water partition coefficient (Wildman–Crippen LogP) is 0.707. The maximum Gasteiger partial charge on any atom is 0.318 e. The second-order valence-corrected chi connectivity index (χ2v) is 5.38. The van der Waals surface area contributed by atoms with Gasteiger partial charge in [-0.1, -0.05) is 0 Å². The standard InChI is InChI=1S/C7H14O3S/c1-7(2,3)11(9)5-6(8)10-4/h5H2,1-4H3. The van der Waals surface area contributed by atoms with Crippen molar-refractivity contribution in [2.24, 2.45) is 0 Å². The van der Waals surface area contributed by atoms with E-state index in [-0.39, 0.29) is 10.5 Å². The number of methoxy groups -OCH3 is 1. The maximum absolute atomic E-state index is 11.2. The van der Waals surface area contributed by atoms with Crippen LogP contribution in [0.5, 0.6) is 0 Å². The van der Waals surface area contributed by atoms with Gasteiger partial charge in [-0.2, -0.15) is 0 Å². The number of hydrogen-bond donors (Lipinski definition) is 0. The highest BCUT2D eigenvalue weighted by Gasteiger charge is 2.21. The van der Waals surface area contributed by atoms with Crippen molar-refractivity contribution in [2.75, 3.05) is 12.9 Å². The van der Waals surface area contributed by atoms with E-state index >= 15 is 0 Å². The van der Waals surface area contributed by atoms with Gasteiger partial charge in [0.1, 0.15) is 5.75 Å². The van der Waals surface area contributed by atoms with E-state index in [0.717, 1.165) is 0 Å². The van der Waals surface area contributed by atoms with Crippen LogP contribution in [0.4, 0.5) is 0 Å². The van der Waals surface area contributed by atoms with Gasteiger partial charge in [0.15, 0.2) is 0 Å². The third-order valence-electron chi connectivity index (χ3n) is 1.16.